The molecule has 0 fully saturated rings. The van der Waals surface area contributed by atoms with Crippen LogP contribution in [0.4, 0.5) is 26.4 Å². The van der Waals surface area contributed by atoms with Gasteiger partial charge in [-0.15, -0.1) is 6.42 Å². The van der Waals surface area contributed by atoms with E-state index in [1.165, 1.54) is 18.5 Å². The lowest BCUT2D eigenvalue weighted by Crippen LogP contribution is -2.17. The Labute approximate surface area is 171 Å². The van der Waals surface area contributed by atoms with Crippen molar-refractivity contribution in [3.63, 3.8) is 0 Å². The van der Waals surface area contributed by atoms with Crippen molar-refractivity contribution in [1.82, 2.24) is 9.97 Å². The van der Waals surface area contributed by atoms with Gasteiger partial charge in [0.2, 0.25) is 0 Å². The highest BCUT2D eigenvalue weighted by molar-refractivity contribution is 5.96. The van der Waals surface area contributed by atoms with Gasteiger partial charge in [-0.1, -0.05) is 30.2 Å². The lowest BCUT2D eigenvalue weighted by atomic mass is 10.1. The standard InChI is InChI=1S/C23H15FN4O2/c1-2-15-7-6-8-16(11-15)27-22-18-12-21(19(24)13-20(18)25-14-26-22)28-23(29)30-17-9-4-3-5-10-17/h1,3-14H,(H,28,29)(H,25,26,27). The predicted octanol–water partition coefficient (Wildman–Crippen LogP) is 5.10. The summed E-state index contributed by atoms with van der Waals surface area (Å²) in [6, 6.07) is 18.4. The minimum Gasteiger partial charge on any atom is -0.410 e. The second-order valence-electron chi connectivity index (χ2n) is 6.25. The van der Waals surface area contributed by atoms with Crippen LogP contribution in [0.2, 0.25) is 0 Å². The Bertz CT molecular complexity index is 1270. The van der Waals surface area contributed by atoms with Gasteiger partial charge in [0.1, 0.15) is 23.7 Å². The second kappa shape index (κ2) is 8.29. The van der Waals surface area contributed by atoms with Gasteiger partial charge in [0, 0.05) is 22.7 Å². The van der Waals surface area contributed by atoms with Crippen LogP contribution < -0.4 is 15.4 Å². The van der Waals surface area contributed by atoms with Gasteiger partial charge in [-0.2, -0.15) is 0 Å². The summed E-state index contributed by atoms with van der Waals surface area (Å²) in [5, 5.41) is 6.08. The summed E-state index contributed by atoms with van der Waals surface area (Å²) in [6.45, 7) is 0. The number of carbonyl (C=O) groups is 1. The predicted molar refractivity (Wildman–Crippen MR) is 113 cm³/mol. The van der Waals surface area contributed by atoms with Gasteiger partial charge < -0.3 is 10.1 Å². The molecule has 1 aromatic heterocycles. The number of halogens is 1. The average molecular weight is 398 g/mol. The zero-order chi connectivity index (χ0) is 20.9. The third-order valence-electron chi connectivity index (χ3n) is 4.21. The monoisotopic (exact) mass is 398 g/mol. The quantitative estimate of drug-likeness (QED) is 0.468. The van der Waals surface area contributed by atoms with Crippen LogP contribution in [0, 0.1) is 18.2 Å². The highest BCUT2D eigenvalue weighted by atomic mass is 19.1. The number of hydrogen-bond donors (Lipinski definition) is 2. The van der Waals surface area contributed by atoms with Crippen LogP contribution in [0.1, 0.15) is 5.56 Å². The lowest BCUT2D eigenvalue weighted by Gasteiger charge is -2.12. The zero-order valence-corrected chi connectivity index (χ0v) is 15.6. The fourth-order valence-corrected chi connectivity index (χ4v) is 2.83. The van der Waals surface area contributed by atoms with Crippen LogP contribution in [0.5, 0.6) is 5.75 Å². The molecule has 4 aromatic rings. The van der Waals surface area contributed by atoms with E-state index in [4.69, 9.17) is 11.2 Å². The summed E-state index contributed by atoms with van der Waals surface area (Å²) in [4.78, 5) is 20.5. The highest BCUT2D eigenvalue weighted by Crippen LogP contribution is 2.28. The van der Waals surface area contributed by atoms with Gasteiger partial charge in [0.25, 0.3) is 0 Å². The molecule has 146 valence electrons. The second-order valence-corrected chi connectivity index (χ2v) is 6.25. The normalized spacial score (nSPS) is 10.3. The fraction of sp³-hybridized carbons (Fsp3) is 0. The number of carbonyl (C=O) groups excluding carboxylic acids is 1. The first-order chi connectivity index (χ1) is 14.6. The summed E-state index contributed by atoms with van der Waals surface area (Å²) in [7, 11) is 0. The Morgan fingerprint density at radius 2 is 1.87 bits per heavy atom. The van der Waals surface area contributed by atoms with Crippen LogP contribution in [-0.4, -0.2) is 16.1 Å². The molecule has 0 saturated carbocycles. The SMILES string of the molecule is C#Cc1cccc(Nc2ncnc3cc(F)c(NC(=O)Oc4ccccc4)cc23)c1. The number of aromatic nitrogens is 2. The molecule has 0 unspecified atom stereocenters. The Kier molecular flexibility index (Phi) is 5.22. The maximum atomic E-state index is 14.5. The van der Waals surface area contributed by atoms with Crippen molar-refractivity contribution in [3.8, 4) is 18.1 Å². The maximum absolute atomic E-state index is 14.5. The van der Waals surface area contributed by atoms with E-state index in [1.54, 1.807) is 42.5 Å². The molecule has 6 nitrogen and oxygen atoms in total. The molecule has 0 bridgehead atoms. The van der Waals surface area contributed by atoms with E-state index >= 15 is 0 Å². The summed E-state index contributed by atoms with van der Waals surface area (Å²) >= 11 is 0. The molecular weight excluding hydrogens is 383 g/mol. The highest BCUT2D eigenvalue weighted by Gasteiger charge is 2.13. The first-order valence-corrected chi connectivity index (χ1v) is 8.94. The third kappa shape index (κ3) is 4.18. The molecule has 0 radical (unpaired) electrons. The van der Waals surface area contributed by atoms with Crippen LogP contribution in [0.3, 0.4) is 0 Å². The van der Waals surface area contributed by atoms with Gasteiger partial charge in [-0.3, -0.25) is 5.32 Å². The Balaban J connectivity index is 1.63. The number of hydrogen-bond acceptors (Lipinski definition) is 5. The van der Waals surface area contributed by atoms with Crippen molar-refractivity contribution in [2.45, 2.75) is 0 Å². The van der Waals surface area contributed by atoms with E-state index in [0.29, 0.717) is 33.7 Å². The maximum Gasteiger partial charge on any atom is 0.417 e. The zero-order valence-electron chi connectivity index (χ0n) is 15.6. The average Bonchev–Trinajstić information content (AvgIpc) is 2.75. The molecule has 0 aliphatic rings. The number of rotatable bonds is 4. The van der Waals surface area contributed by atoms with Gasteiger partial charge in [0.05, 0.1) is 11.2 Å². The third-order valence-corrected chi connectivity index (χ3v) is 4.21. The van der Waals surface area contributed by atoms with E-state index in [0.717, 1.165) is 0 Å². The van der Waals surface area contributed by atoms with Crippen molar-refractivity contribution in [1.29, 1.82) is 0 Å². The number of ether oxygens (including phenoxy) is 1. The fourth-order valence-electron chi connectivity index (χ4n) is 2.83. The van der Waals surface area contributed by atoms with E-state index in [9.17, 15) is 9.18 Å². The van der Waals surface area contributed by atoms with Crippen LogP contribution >= 0.6 is 0 Å². The number of nitrogens with one attached hydrogen (secondary N) is 2. The molecule has 3 aromatic carbocycles. The summed E-state index contributed by atoms with van der Waals surface area (Å²) in [6.07, 6.45) is 5.96. The number of amides is 1. The largest absolute Gasteiger partial charge is 0.417 e. The molecule has 0 aliphatic carbocycles. The van der Waals surface area contributed by atoms with Gasteiger partial charge in [-0.25, -0.2) is 19.2 Å². The van der Waals surface area contributed by atoms with E-state index in [1.807, 2.05) is 12.1 Å². The summed E-state index contributed by atoms with van der Waals surface area (Å²) in [5.74, 6) is 2.70. The van der Waals surface area contributed by atoms with Crippen LogP contribution in [0.15, 0.2) is 73.1 Å². The molecular formula is C23H15FN4O2. The molecule has 7 heteroatoms. The Hall–Kier alpha value is -4.44. The minimum atomic E-state index is -0.812. The van der Waals surface area contributed by atoms with Gasteiger partial charge in [0.15, 0.2) is 0 Å². The first kappa shape index (κ1) is 18.9. The number of benzene rings is 3. The number of anilines is 3. The Morgan fingerprint density at radius 1 is 1.03 bits per heavy atom. The number of nitrogens with zero attached hydrogens (tertiary/aromatic N) is 2. The topological polar surface area (TPSA) is 76.1 Å². The molecule has 0 aliphatic heterocycles. The van der Waals surface area contributed by atoms with E-state index in [2.05, 4.69) is 26.5 Å². The van der Waals surface area contributed by atoms with Crippen molar-refractivity contribution in [2.75, 3.05) is 10.6 Å². The van der Waals surface area contributed by atoms with Crippen molar-refractivity contribution < 1.29 is 13.9 Å². The summed E-state index contributed by atoms with van der Waals surface area (Å²) in [5.41, 5.74) is 1.74. The number of terminal acetylenes is 1. The van der Waals surface area contributed by atoms with Crippen LogP contribution in [-0.2, 0) is 0 Å². The lowest BCUT2D eigenvalue weighted by molar-refractivity contribution is 0.215. The Morgan fingerprint density at radius 3 is 2.67 bits per heavy atom. The number of para-hydroxylation sites is 1. The smallest absolute Gasteiger partial charge is 0.410 e. The van der Waals surface area contributed by atoms with Crippen molar-refractivity contribution in [2.24, 2.45) is 0 Å². The van der Waals surface area contributed by atoms with Crippen molar-refractivity contribution in [3.05, 3.63) is 84.4 Å². The van der Waals surface area contributed by atoms with Crippen molar-refractivity contribution >= 4 is 34.2 Å². The summed E-state index contributed by atoms with van der Waals surface area (Å²) < 4.78 is 19.7. The van der Waals surface area contributed by atoms with E-state index < -0.39 is 11.9 Å². The molecule has 1 amide bonds. The van der Waals surface area contributed by atoms with Gasteiger partial charge >= 0.3 is 6.09 Å². The number of fused-ring (bicyclic) bond motifs is 1. The van der Waals surface area contributed by atoms with Gasteiger partial charge in [-0.05, 0) is 36.4 Å². The van der Waals surface area contributed by atoms with E-state index in [-0.39, 0.29) is 5.69 Å². The molecule has 30 heavy (non-hydrogen) atoms. The molecule has 0 atom stereocenters. The molecule has 0 saturated heterocycles. The molecule has 4 rings (SSSR count). The molecule has 1 heterocycles. The minimum absolute atomic E-state index is 0.0568. The van der Waals surface area contributed by atoms with Crippen LogP contribution in [0.25, 0.3) is 10.9 Å². The molecule has 0 spiro atoms. The first-order valence-electron chi connectivity index (χ1n) is 8.94. The molecule has 2 N–H and O–H groups in total.